The number of Topliss-reactive ketones (excluding diaryl/α,β-unsaturated/α-hetero) is 1. The highest BCUT2D eigenvalue weighted by Gasteiger charge is 2.10. The first-order valence-corrected chi connectivity index (χ1v) is 8.17. The first kappa shape index (κ1) is 17.5. The molecule has 26 heavy (non-hydrogen) atoms. The summed E-state index contributed by atoms with van der Waals surface area (Å²) in [5.41, 5.74) is 1.32. The number of ether oxygens (including phenoxy) is 1. The van der Waals surface area contributed by atoms with E-state index >= 15 is 0 Å². The summed E-state index contributed by atoms with van der Waals surface area (Å²) in [6.07, 6.45) is 0. The maximum atomic E-state index is 13.0. The molecule has 132 valence electrons. The molecule has 0 saturated carbocycles. The Morgan fingerprint density at radius 2 is 1.73 bits per heavy atom. The number of nitrogens with zero attached hydrogens (tertiary/aromatic N) is 2. The maximum absolute atomic E-state index is 13.0. The van der Waals surface area contributed by atoms with Gasteiger partial charge in [0.05, 0.1) is 12.3 Å². The van der Waals surface area contributed by atoms with Crippen molar-refractivity contribution < 1.29 is 13.9 Å². The number of carbonyl (C=O) groups is 1. The van der Waals surface area contributed by atoms with Gasteiger partial charge < -0.3 is 4.74 Å². The Kier molecular flexibility index (Phi) is 5.22. The molecule has 5 nitrogen and oxygen atoms in total. The molecule has 0 unspecified atom stereocenters. The van der Waals surface area contributed by atoms with E-state index in [1.54, 1.807) is 6.07 Å². The van der Waals surface area contributed by atoms with E-state index < -0.39 is 5.82 Å². The van der Waals surface area contributed by atoms with E-state index in [1.165, 1.54) is 30.3 Å². The average Bonchev–Trinajstić information content (AvgIpc) is 2.65. The first-order chi connectivity index (χ1) is 12.6. The Morgan fingerprint density at radius 3 is 2.38 bits per heavy atom. The summed E-state index contributed by atoms with van der Waals surface area (Å²) in [4.78, 5) is 24.3. The lowest BCUT2D eigenvalue weighted by Gasteiger charge is -2.08. The smallest absolute Gasteiger partial charge is 0.267 e. The van der Waals surface area contributed by atoms with Crippen LogP contribution in [-0.4, -0.2) is 22.2 Å². The summed E-state index contributed by atoms with van der Waals surface area (Å²) in [5, 5.41) is 4.27. The van der Waals surface area contributed by atoms with Gasteiger partial charge in [-0.15, -0.1) is 0 Å². The van der Waals surface area contributed by atoms with Crippen LogP contribution in [0.25, 0.3) is 11.3 Å². The fraction of sp³-hybridized carbons (Fsp3) is 0.150. The minimum atomic E-state index is -0.422. The van der Waals surface area contributed by atoms with Crippen molar-refractivity contribution in [1.82, 2.24) is 9.78 Å². The summed E-state index contributed by atoms with van der Waals surface area (Å²) in [6.45, 7) is 2.27. The number of ketones is 1. The molecule has 1 aromatic heterocycles. The quantitative estimate of drug-likeness (QED) is 0.639. The van der Waals surface area contributed by atoms with E-state index in [0.717, 1.165) is 16.0 Å². The molecule has 0 saturated heterocycles. The van der Waals surface area contributed by atoms with Crippen molar-refractivity contribution in [3.8, 4) is 17.0 Å². The van der Waals surface area contributed by atoms with Gasteiger partial charge in [0.2, 0.25) is 0 Å². The van der Waals surface area contributed by atoms with E-state index in [1.807, 2.05) is 31.2 Å². The Bertz CT molecular complexity index is 964. The zero-order valence-corrected chi connectivity index (χ0v) is 14.2. The second-order valence-corrected chi connectivity index (χ2v) is 5.60. The standard InChI is InChI=1S/C20H17FN2O3/c1-2-26-17-9-5-14(6-10-17)18-11-12-20(25)23(22-18)13-19(24)15-3-7-16(21)8-4-15/h3-12H,2,13H2,1H3. The molecule has 0 spiro atoms. The van der Waals surface area contributed by atoms with Crippen LogP contribution in [0, 0.1) is 5.82 Å². The van der Waals surface area contributed by atoms with Gasteiger partial charge in [-0.3, -0.25) is 9.59 Å². The topological polar surface area (TPSA) is 61.2 Å². The minimum absolute atomic E-state index is 0.213. The van der Waals surface area contributed by atoms with Gasteiger partial charge in [-0.1, -0.05) is 0 Å². The van der Waals surface area contributed by atoms with Gasteiger partial charge in [0.15, 0.2) is 5.78 Å². The van der Waals surface area contributed by atoms with Gasteiger partial charge in [0.1, 0.15) is 18.1 Å². The van der Waals surface area contributed by atoms with Crippen molar-refractivity contribution in [1.29, 1.82) is 0 Å². The van der Waals surface area contributed by atoms with Crippen LogP contribution in [0.15, 0.2) is 65.5 Å². The van der Waals surface area contributed by atoms with Gasteiger partial charge in [-0.05, 0) is 61.5 Å². The predicted octanol–water partition coefficient (Wildman–Crippen LogP) is 3.33. The van der Waals surface area contributed by atoms with Crippen LogP contribution in [0.5, 0.6) is 5.75 Å². The number of halogens is 1. The Morgan fingerprint density at radius 1 is 1.04 bits per heavy atom. The molecule has 0 bridgehead atoms. The van der Waals surface area contributed by atoms with Crippen LogP contribution in [-0.2, 0) is 6.54 Å². The van der Waals surface area contributed by atoms with Crippen LogP contribution in [0.4, 0.5) is 4.39 Å². The molecule has 0 aliphatic rings. The van der Waals surface area contributed by atoms with Crippen LogP contribution in [0.3, 0.4) is 0 Å². The fourth-order valence-electron chi connectivity index (χ4n) is 2.47. The minimum Gasteiger partial charge on any atom is -0.494 e. The van der Waals surface area contributed by atoms with Crippen molar-refractivity contribution in [2.24, 2.45) is 0 Å². The van der Waals surface area contributed by atoms with Crippen molar-refractivity contribution in [3.05, 3.63) is 82.4 Å². The molecule has 2 aromatic carbocycles. The fourth-order valence-corrected chi connectivity index (χ4v) is 2.47. The lowest BCUT2D eigenvalue weighted by molar-refractivity contribution is 0.0966. The van der Waals surface area contributed by atoms with Crippen LogP contribution < -0.4 is 10.3 Å². The molecule has 3 aromatic rings. The molecule has 6 heteroatoms. The molecular weight excluding hydrogens is 335 g/mol. The summed E-state index contributed by atoms with van der Waals surface area (Å²) >= 11 is 0. The second-order valence-electron chi connectivity index (χ2n) is 5.60. The highest BCUT2D eigenvalue weighted by Crippen LogP contribution is 2.20. The maximum Gasteiger partial charge on any atom is 0.267 e. The number of hydrogen-bond acceptors (Lipinski definition) is 4. The molecule has 3 rings (SSSR count). The van der Waals surface area contributed by atoms with Crippen LogP contribution in [0.1, 0.15) is 17.3 Å². The number of carbonyl (C=O) groups excluding carboxylic acids is 1. The molecule has 1 heterocycles. The third-order valence-corrected chi connectivity index (χ3v) is 3.79. The van der Waals surface area contributed by atoms with Gasteiger partial charge in [0, 0.05) is 17.2 Å². The molecule has 0 amide bonds. The van der Waals surface area contributed by atoms with E-state index in [9.17, 15) is 14.0 Å². The normalized spacial score (nSPS) is 10.5. The largest absolute Gasteiger partial charge is 0.494 e. The summed E-state index contributed by atoms with van der Waals surface area (Å²) in [6, 6.07) is 15.5. The molecule has 0 N–H and O–H groups in total. The zero-order chi connectivity index (χ0) is 18.5. The molecule has 0 aliphatic carbocycles. The number of hydrogen-bond donors (Lipinski definition) is 0. The van der Waals surface area contributed by atoms with Gasteiger partial charge in [0.25, 0.3) is 5.56 Å². The average molecular weight is 352 g/mol. The lowest BCUT2D eigenvalue weighted by Crippen LogP contribution is -2.26. The van der Waals surface area contributed by atoms with E-state index in [-0.39, 0.29) is 17.9 Å². The predicted molar refractivity (Wildman–Crippen MR) is 95.8 cm³/mol. The number of benzene rings is 2. The Labute approximate surface area is 149 Å². The molecule has 0 aliphatic heterocycles. The number of aromatic nitrogens is 2. The zero-order valence-electron chi connectivity index (χ0n) is 14.2. The first-order valence-electron chi connectivity index (χ1n) is 8.17. The summed E-state index contributed by atoms with van der Waals surface area (Å²) < 4.78 is 19.5. The monoisotopic (exact) mass is 352 g/mol. The summed E-state index contributed by atoms with van der Waals surface area (Å²) in [7, 11) is 0. The molecule has 0 radical (unpaired) electrons. The SMILES string of the molecule is CCOc1ccc(-c2ccc(=O)n(CC(=O)c3ccc(F)cc3)n2)cc1. The highest BCUT2D eigenvalue weighted by atomic mass is 19.1. The van der Waals surface area contributed by atoms with Crippen LogP contribution in [0.2, 0.25) is 0 Å². The molecular formula is C20H17FN2O3. The third kappa shape index (κ3) is 4.03. The van der Waals surface area contributed by atoms with Gasteiger partial charge >= 0.3 is 0 Å². The van der Waals surface area contributed by atoms with E-state index in [4.69, 9.17) is 4.74 Å². The van der Waals surface area contributed by atoms with E-state index in [2.05, 4.69) is 5.10 Å². The van der Waals surface area contributed by atoms with Crippen molar-refractivity contribution >= 4 is 5.78 Å². The van der Waals surface area contributed by atoms with E-state index in [0.29, 0.717) is 17.9 Å². The number of rotatable bonds is 6. The third-order valence-electron chi connectivity index (χ3n) is 3.79. The Hall–Kier alpha value is -3.28. The van der Waals surface area contributed by atoms with Crippen molar-refractivity contribution in [2.75, 3.05) is 6.61 Å². The lowest BCUT2D eigenvalue weighted by atomic mass is 10.1. The Balaban J connectivity index is 1.84. The molecule has 0 atom stereocenters. The van der Waals surface area contributed by atoms with Gasteiger partial charge in [-0.2, -0.15) is 5.10 Å². The van der Waals surface area contributed by atoms with Crippen molar-refractivity contribution in [2.45, 2.75) is 13.5 Å². The van der Waals surface area contributed by atoms with Gasteiger partial charge in [-0.25, -0.2) is 9.07 Å². The summed E-state index contributed by atoms with van der Waals surface area (Å²) in [5.74, 6) is 0.00819. The highest BCUT2D eigenvalue weighted by molar-refractivity contribution is 5.95. The second kappa shape index (κ2) is 7.74. The molecule has 0 fully saturated rings. The van der Waals surface area contributed by atoms with Crippen LogP contribution >= 0.6 is 0 Å². The van der Waals surface area contributed by atoms with Crippen molar-refractivity contribution in [3.63, 3.8) is 0 Å².